The Morgan fingerprint density at radius 1 is 1.21 bits per heavy atom. The van der Waals surface area contributed by atoms with Crippen LogP contribution in [0.25, 0.3) is 0 Å². The topological polar surface area (TPSA) is 37.4 Å². The quantitative estimate of drug-likeness (QED) is 0.557. The van der Waals surface area contributed by atoms with Gasteiger partial charge in [-0.15, -0.1) is 6.58 Å². The molecule has 3 nitrogen and oxygen atoms in total. The number of carbonyl (C=O) groups is 2. The second kappa shape index (κ2) is 7.52. The van der Waals surface area contributed by atoms with Gasteiger partial charge in [0.05, 0.1) is 0 Å². The number of benzene rings is 1. The highest BCUT2D eigenvalue weighted by atomic mass is 16.2. The van der Waals surface area contributed by atoms with Crippen molar-refractivity contribution in [3.8, 4) is 0 Å². The molecule has 3 heteroatoms. The molecule has 0 heterocycles. The molecule has 0 radical (unpaired) electrons. The molecule has 19 heavy (non-hydrogen) atoms. The number of hydrogen-bond acceptors (Lipinski definition) is 2. The van der Waals surface area contributed by atoms with Gasteiger partial charge in [0.1, 0.15) is 0 Å². The number of rotatable bonds is 7. The fourth-order valence-electron chi connectivity index (χ4n) is 1.83. The number of hydrogen-bond donors (Lipinski definition) is 0. The lowest BCUT2D eigenvalue weighted by Gasteiger charge is -2.18. The number of Topliss-reactive ketones (excluding diaryl/α,β-unsaturated/α-hetero) is 1. The first-order valence-corrected chi connectivity index (χ1v) is 6.57. The summed E-state index contributed by atoms with van der Waals surface area (Å²) in [6.07, 6.45) is 2.22. The highest BCUT2D eigenvalue weighted by Gasteiger charge is 2.13. The van der Waals surface area contributed by atoms with Crippen molar-refractivity contribution in [2.24, 2.45) is 0 Å². The fraction of sp³-hybridized carbons (Fsp3) is 0.375. The van der Waals surface area contributed by atoms with E-state index in [1.54, 1.807) is 11.0 Å². The highest BCUT2D eigenvalue weighted by Crippen LogP contribution is 2.08. The van der Waals surface area contributed by atoms with Crippen LogP contribution in [0.2, 0.25) is 0 Å². The van der Waals surface area contributed by atoms with Crippen LogP contribution in [0.5, 0.6) is 0 Å². The third-order valence-corrected chi connectivity index (χ3v) is 3.02. The van der Waals surface area contributed by atoms with Gasteiger partial charge in [-0.1, -0.05) is 35.9 Å². The van der Waals surface area contributed by atoms with Crippen molar-refractivity contribution in [2.75, 3.05) is 13.1 Å². The van der Waals surface area contributed by atoms with Crippen LogP contribution in [0.1, 0.15) is 35.7 Å². The fourth-order valence-corrected chi connectivity index (χ4v) is 1.83. The van der Waals surface area contributed by atoms with E-state index in [9.17, 15) is 9.59 Å². The zero-order valence-electron chi connectivity index (χ0n) is 11.7. The SMILES string of the molecule is C=CCN(CC)C(=O)CCC(=O)c1ccc(C)cc1. The van der Waals surface area contributed by atoms with Gasteiger partial charge in [0, 0.05) is 31.5 Å². The second-order valence-corrected chi connectivity index (χ2v) is 4.51. The van der Waals surface area contributed by atoms with Crippen molar-refractivity contribution in [2.45, 2.75) is 26.7 Å². The molecule has 0 aromatic heterocycles. The molecule has 1 rings (SSSR count). The predicted octanol–water partition coefficient (Wildman–Crippen LogP) is 2.99. The molecular weight excluding hydrogens is 238 g/mol. The molecule has 0 unspecified atom stereocenters. The predicted molar refractivity (Wildman–Crippen MR) is 77.2 cm³/mol. The molecule has 1 aromatic rings. The first-order chi connectivity index (χ1) is 9.08. The van der Waals surface area contributed by atoms with Gasteiger partial charge in [0.2, 0.25) is 5.91 Å². The van der Waals surface area contributed by atoms with E-state index >= 15 is 0 Å². The lowest BCUT2D eigenvalue weighted by Crippen LogP contribution is -2.31. The van der Waals surface area contributed by atoms with Crippen molar-refractivity contribution < 1.29 is 9.59 Å². The van der Waals surface area contributed by atoms with E-state index in [-0.39, 0.29) is 24.5 Å². The van der Waals surface area contributed by atoms with E-state index in [0.717, 1.165) is 5.56 Å². The smallest absolute Gasteiger partial charge is 0.223 e. The number of nitrogens with zero attached hydrogens (tertiary/aromatic N) is 1. The number of likely N-dealkylation sites (N-methyl/N-ethyl adjacent to an activating group) is 1. The van der Waals surface area contributed by atoms with E-state index < -0.39 is 0 Å². The minimum Gasteiger partial charge on any atom is -0.339 e. The van der Waals surface area contributed by atoms with Crippen molar-refractivity contribution in [3.05, 3.63) is 48.0 Å². The number of amides is 1. The molecule has 1 amide bonds. The van der Waals surface area contributed by atoms with Crippen LogP contribution < -0.4 is 0 Å². The molecule has 0 atom stereocenters. The van der Waals surface area contributed by atoms with Crippen LogP contribution in [0, 0.1) is 6.92 Å². The van der Waals surface area contributed by atoms with Gasteiger partial charge in [-0.3, -0.25) is 9.59 Å². The second-order valence-electron chi connectivity index (χ2n) is 4.51. The zero-order valence-corrected chi connectivity index (χ0v) is 11.7. The first-order valence-electron chi connectivity index (χ1n) is 6.57. The van der Waals surface area contributed by atoms with Crippen molar-refractivity contribution >= 4 is 11.7 Å². The molecule has 0 aliphatic carbocycles. The molecule has 1 aromatic carbocycles. The minimum atomic E-state index is 0.00265. The lowest BCUT2D eigenvalue weighted by atomic mass is 10.0. The summed E-state index contributed by atoms with van der Waals surface area (Å²) >= 11 is 0. The Kier molecular flexibility index (Phi) is 6.00. The Hall–Kier alpha value is -1.90. The Balaban J connectivity index is 2.52. The van der Waals surface area contributed by atoms with Crippen LogP contribution >= 0.6 is 0 Å². The third-order valence-electron chi connectivity index (χ3n) is 3.02. The van der Waals surface area contributed by atoms with Crippen LogP contribution in [-0.2, 0) is 4.79 Å². The summed E-state index contributed by atoms with van der Waals surface area (Å²) in [4.78, 5) is 25.5. The van der Waals surface area contributed by atoms with Crippen molar-refractivity contribution in [3.63, 3.8) is 0 Å². The van der Waals surface area contributed by atoms with E-state index in [1.807, 2.05) is 38.1 Å². The monoisotopic (exact) mass is 259 g/mol. The zero-order chi connectivity index (χ0) is 14.3. The number of carbonyl (C=O) groups excluding carboxylic acids is 2. The summed E-state index contributed by atoms with van der Waals surface area (Å²) in [6, 6.07) is 7.43. The Morgan fingerprint density at radius 2 is 1.84 bits per heavy atom. The summed E-state index contributed by atoms with van der Waals surface area (Å²) in [7, 11) is 0. The molecule has 0 N–H and O–H groups in total. The summed E-state index contributed by atoms with van der Waals surface area (Å²) in [5.74, 6) is 0.0193. The molecule has 0 bridgehead atoms. The Labute approximate surface area is 114 Å². The van der Waals surface area contributed by atoms with Gasteiger partial charge >= 0.3 is 0 Å². The standard InChI is InChI=1S/C16H21NO2/c1-4-12-17(5-2)16(19)11-10-15(18)14-8-6-13(3)7-9-14/h4,6-9H,1,5,10-12H2,2-3H3. The molecule has 0 aliphatic rings. The van der Waals surface area contributed by atoms with Crippen molar-refractivity contribution in [1.82, 2.24) is 4.90 Å². The maximum absolute atomic E-state index is 11.9. The van der Waals surface area contributed by atoms with Gasteiger partial charge in [-0.05, 0) is 13.8 Å². The van der Waals surface area contributed by atoms with Gasteiger partial charge in [0.15, 0.2) is 5.78 Å². The maximum atomic E-state index is 11.9. The van der Waals surface area contributed by atoms with E-state index in [0.29, 0.717) is 18.7 Å². The molecule has 0 spiro atoms. The van der Waals surface area contributed by atoms with Crippen LogP contribution in [0.15, 0.2) is 36.9 Å². The summed E-state index contributed by atoms with van der Waals surface area (Å²) < 4.78 is 0. The number of aryl methyl sites for hydroxylation is 1. The van der Waals surface area contributed by atoms with Crippen LogP contribution in [-0.4, -0.2) is 29.7 Å². The summed E-state index contributed by atoms with van der Waals surface area (Å²) in [5.41, 5.74) is 1.79. The van der Waals surface area contributed by atoms with Crippen LogP contribution in [0.4, 0.5) is 0 Å². The summed E-state index contributed by atoms with van der Waals surface area (Å²) in [6.45, 7) is 8.70. The molecular formula is C16H21NO2. The van der Waals surface area contributed by atoms with Gasteiger partial charge in [-0.2, -0.15) is 0 Å². The third kappa shape index (κ3) is 4.70. The molecule has 0 fully saturated rings. The van der Waals surface area contributed by atoms with Gasteiger partial charge < -0.3 is 4.90 Å². The highest BCUT2D eigenvalue weighted by molar-refractivity contribution is 5.97. The van der Waals surface area contributed by atoms with Crippen molar-refractivity contribution in [1.29, 1.82) is 0 Å². The maximum Gasteiger partial charge on any atom is 0.223 e. The van der Waals surface area contributed by atoms with E-state index in [1.165, 1.54) is 0 Å². The van der Waals surface area contributed by atoms with E-state index in [4.69, 9.17) is 0 Å². The first kappa shape index (κ1) is 15.2. The molecule has 0 saturated carbocycles. The largest absolute Gasteiger partial charge is 0.339 e. The van der Waals surface area contributed by atoms with Gasteiger partial charge in [0.25, 0.3) is 0 Å². The average Bonchev–Trinajstić information content (AvgIpc) is 2.42. The van der Waals surface area contributed by atoms with Gasteiger partial charge in [-0.25, -0.2) is 0 Å². The molecule has 0 saturated heterocycles. The normalized spacial score (nSPS) is 10.0. The Morgan fingerprint density at radius 3 is 2.37 bits per heavy atom. The lowest BCUT2D eigenvalue weighted by molar-refractivity contribution is -0.130. The average molecular weight is 259 g/mol. The summed E-state index contributed by atoms with van der Waals surface area (Å²) in [5, 5.41) is 0. The van der Waals surface area contributed by atoms with E-state index in [2.05, 4.69) is 6.58 Å². The number of ketones is 1. The Bertz CT molecular complexity index is 448. The molecule has 0 aliphatic heterocycles. The molecule has 102 valence electrons. The van der Waals surface area contributed by atoms with Crippen LogP contribution in [0.3, 0.4) is 0 Å². The minimum absolute atomic E-state index is 0.00265.